The number of rotatable bonds is 5. The number of nitrogen functional groups attached to an aromatic ring is 1. The largest absolute Gasteiger partial charge is 0.383 e. The van der Waals surface area contributed by atoms with Crippen molar-refractivity contribution < 1.29 is 0 Å². The lowest BCUT2D eigenvalue weighted by Crippen LogP contribution is -2.33. The molecule has 0 saturated carbocycles. The van der Waals surface area contributed by atoms with Gasteiger partial charge in [0.25, 0.3) is 0 Å². The van der Waals surface area contributed by atoms with Crippen LogP contribution in [0.1, 0.15) is 18.1 Å². The Morgan fingerprint density at radius 2 is 2.12 bits per heavy atom. The van der Waals surface area contributed by atoms with Gasteiger partial charge in [0, 0.05) is 11.9 Å². The molecule has 1 aromatic heterocycles. The number of allylic oxidation sites excluding steroid dienone is 1. The molecule has 0 aliphatic rings. The SMILES string of the molecule is [B]C(C(=C)C)C([B])([B])c1ccc(-n2ccc(N)nc2=O)c(CS)c1. The van der Waals surface area contributed by atoms with Crippen molar-refractivity contribution >= 4 is 42.0 Å². The third kappa shape index (κ3) is 3.48. The second-order valence-corrected chi connectivity index (χ2v) is 6.08. The van der Waals surface area contributed by atoms with Crippen LogP contribution in [0, 0.1) is 0 Å². The Bertz CT molecular complexity index is 836. The molecule has 24 heavy (non-hydrogen) atoms. The summed E-state index contributed by atoms with van der Waals surface area (Å²) >= 11 is 4.33. The first kappa shape index (κ1) is 18.5. The van der Waals surface area contributed by atoms with Crippen molar-refractivity contribution in [2.24, 2.45) is 0 Å². The van der Waals surface area contributed by atoms with E-state index < -0.39 is 16.7 Å². The topological polar surface area (TPSA) is 60.9 Å². The minimum Gasteiger partial charge on any atom is -0.383 e. The molecule has 0 aliphatic heterocycles. The van der Waals surface area contributed by atoms with E-state index in [0.29, 0.717) is 22.6 Å². The second-order valence-electron chi connectivity index (χ2n) is 5.76. The van der Waals surface area contributed by atoms with Gasteiger partial charge in [-0.15, -0.1) is 6.58 Å². The van der Waals surface area contributed by atoms with Gasteiger partial charge in [0.05, 0.1) is 29.2 Å². The first-order chi connectivity index (χ1) is 11.2. The summed E-state index contributed by atoms with van der Waals surface area (Å²) in [5.74, 6) is -0.0778. The Morgan fingerprint density at radius 1 is 1.46 bits per heavy atom. The predicted octanol–water partition coefficient (Wildman–Crippen LogP) is 1.27. The van der Waals surface area contributed by atoms with Gasteiger partial charge in [-0.2, -0.15) is 17.6 Å². The number of nitrogens with zero attached hydrogens (tertiary/aromatic N) is 2. The van der Waals surface area contributed by atoms with Crippen molar-refractivity contribution in [3.05, 3.63) is 64.2 Å². The van der Waals surface area contributed by atoms with Crippen molar-refractivity contribution in [1.82, 2.24) is 9.55 Å². The van der Waals surface area contributed by atoms with Crippen LogP contribution in [0.2, 0.25) is 5.82 Å². The van der Waals surface area contributed by atoms with Crippen LogP contribution < -0.4 is 11.4 Å². The number of benzene rings is 1. The molecule has 0 spiro atoms. The van der Waals surface area contributed by atoms with Crippen LogP contribution in [0.3, 0.4) is 0 Å². The van der Waals surface area contributed by atoms with Gasteiger partial charge in [-0.1, -0.05) is 34.3 Å². The average Bonchev–Trinajstić information content (AvgIpc) is 2.53. The zero-order chi connectivity index (χ0) is 18.1. The molecular weight excluding hydrogens is 315 g/mol. The average molecular weight is 331 g/mol. The third-order valence-corrected chi connectivity index (χ3v) is 4.22. The van der Waals surface area contributed by atoms with E-state index >= 15 is 0 Å². The highest BCUT2D eigenvalue weighted by Crippen LogP contribution is 2.34. The van der Waals surface area contributed by atoms with Crippen molar-refractivity contribution in [2.45, 2.75) is 23.7 Å². The van der Waals surface area contributed by atoms with Crippen LogP contribution in [0.25, 0.3) is 5.69 Å². The van der Waals surface area contributed by atoms with E-state index in [9.17, 15) is 4.79 Å². The molecule has 1 heterocycles. The summed E-state index contributed by atoms with van der Waals surface area (Å²) in [6, 6.07) is 6.80. The van der Waals surface area contributed by atoms with E-state index in [-0.39, 0.29) is 5.82 Å². The van der Waals surface area contributed by atoms with Crippen LogP contribution in [-0.4, -0.2) is 33.1 Å². The van der Waals surface area contributed by atoms with Gasteiger partial charge in [0.1, 0.15) is 5.82 Å². The predicted molar refractivity (Wildman–Crippen MR) is 104 cm³/mol. The summed E-state index contributed by atoms with van der Waals surface area (Å²) < 4.78 is 1.39. The van der Waals surface area contributed by atoms with Crippen LogP contribution in [-0.2, 0) is 11.0 Å². The molecule has 2 rings (SSSR count). The molecule has 0 amide bonds. The number of nitrogens with two attached hydrogens (primary N) is 1. The Kier molecular flexibility index (Phi) is 5.38. The van der Waals surface area contributed by atoms with Crippen LogP contribution in [0.4, 0.5) is 5.82 Å². The van der Waals surface area contributed by atoms with E-state index in [4.69, 9.17) is 29.3 Å². The molecule has 1 aromatic carbocycles. The summed E-state index contributed by atoms with van der Waals surface area (Å²) in [5.41, 5.74) is 7.75. The van der Waals surface area contributed by atoms with E-state index in [1.54, 1.807) is 37.4 Å². The summed E-state index contributed by atoms with van der Waals surface area (Å²) in [4.78, 5) is 15.8. The molecule has 116 valence electrons. The van der Waals surface area contributed by atoms with Gasteiger partial charge in [0.15, 0.2) is 0 Å². The fourth-order valence-electron chi connectivity index (χ4n) is 2.40. The molecule has 2 aromatic rings. The fraction of sp³-hybridized carbons (Fsp3) is 0.250. The van der Waals surface area contributed by atoms with E-state index in [2.05, 4.69) is 24.2 Å². The molecule has 0 saturated heterocycles. The Hall–Kier alpha value is -1.82. The first-order valence-corrected chi connectivity index (χ1v) is 7.90. The highest BCUT2D eigenvalue weighted by molar-refractivity contribution is 7.79. The summed E-state index contributed by atoms with van der Waals surface area (Å²) in [5, 5.41) is -1.29. The number of thiol groups is 1. The van der Waals surface area contributed by atoms with Gasteiger partial charge >= 0.3 is 5.69 Å². The minimum absolute atomic E-state index is 0.163. The number of anilines is 1. The Balaban J connectivity index is 2.56. The van der Waals surface area contributed by atoms with Gasteiger partial charge < -0.3 is 5.73 Å². The summed E-state index contributed by atoms with van der Waals surface area (Å²) in [6.45, 7) is 5.58. The maximum Gasteiger partial charge on any atom is 0.354 e. The molecule has 0 aliphatic carbocycles. The van der Waals surface area contributed by atoms with Crippen molar-refractivity contribution in [3.63, 3.8) is 0 Å². The Labute approximate surface area is 151 Å². The van der Waals surface area contributed by atoms with Gasteiger partial charge in [-0.25, -0.2) is 4.79 Å². The maximum atomic E-state index is 12.1. The van der Waals surface area contributed by atoms with Gasteiger partial charge in [-0.3, -0.25) is 4.57 Å². The van der Waals surface area contributed by atoms with E-state index in [1.165, 1.54) is 4.57 Å². The number of aromatic nitrogens is 2. The van der Waals surface area contributed by atoms with Crippen LogP contribution in [0.15, 0.2) is 47.4 Å². The van der Waals surface area contributed by atoms with Crippen molar-refractivity contribution in [1.29, 1.82) is 0 Å². The third-order valence-electron chi connectivity index (χ3n) is 3.88. The van der Waals surface area contributed by atoms with Crippen molar-refractivity contribution in [2.75, 3.05) is 5.73 Å². The van der Waals surface area contributed by atoms with Crippen molar-refractivity contribution in [3.8, 4) is 5.69 Å². The first-order valence-electron chi connectivity index (χ1n) is 7.27. The molecule has 0 bridgehead atoms. The minimum atomic E-state index is -1.29. The van der Waals surface area contributed by atoms with Gasteiger partial charge in [0.2, 0.25) is 0 Å². The monoisotopic (exact) mass is 331 g/mol. The number of hydrogen-bond acceptors (Lipinski definition) is 4. The van der Waals surface area contributed by atoms with E-state index in [1.807, 2.05) is 0 Å². The van der Waals surface area contributed by atoms with Crippen LogP contribution in [0.5, 0.6) is 0 Å². The summed E-state index contributed by atoms with van der Waals surface area (Å²) in [6.07, 6.45) is 1.56. The summed E-state index contributed by atoms with van der Waals surface area (Å²) in [7, 11) is 18.5. The molecule has 2 N–H and O–H groups in total. The van der Waals surface area contributed by atoms with E-state index in [0.717, 1.165) is 5.56 Å². The molecule has 6 radical (unpaired) electrons. The zero-order valence-electron chi connectivity index (χ0n) is 13.4. The lowest BCUT2D eigenvalue weighted by Gasteiger charge is -2.35. The zero-order valence-corrected chi connectivity index (χ0v) is 14.3. The lowest BCUT2D eigenvalue weighted by molar-refractivity contribution is 0.816. The standard InChI is InChI=1S/C16H16B3N3OS/c1-9(2)14(17)16(18,19)11-3-4-12(10(7-11)8-24)22-6-5-13(20)21-15(22)23/h3-7,14,24H,1,8H2,2H3,(H2,20,21,23). The molecule has 1 unspecified atom stereocenters. The highest BCUT2D eigenvalue weighted by atomic mass is 32.1. The van der Waals surface area contributed by atoms with Crippen LogP contribution >= 0.6 is 12.6 Å². The molecule has 8 heteroatoms. The fourth-order valence-corrected chi connectivity index (χ4v) is 2.66. The second kappa shape index (κ2) is 6.97. The smallest absolute Gasteiger partial charge is 0.354 e. The Morgan fingerprint density at radius 3 is 2.67 bits per heavy atom. The van der Waals surface area contributed by atoms with Gasteiger partial charge in [-0.05, 0) is 24.6 Å². The highest BCUT2D eigenvalue weighted by Gasteiger charge is 2.27. The molecular formula is C16H16B3N3OS. The molecule has 4 nitrogen and oxygen atoms in total. The quantitative estimate of drug-likeness (QED) is 0.493. The molecule has 1 atom stereocenters. The number of hydrogen-bond donors (Lipinski definition) is 2. The normalized spacial score (nSPS) is 12.8. The lowest BCUT2D eigenvalue weighted by atomic mass is 9.40. The maximum absolute atomic E-state index is 12.1. The molecule has 0 fully saturated rings.